The van der Waals surface area contributed by atoms with Crippen LogP contribution >= 0.6 is 63.7 Å². The van der Waals surface area contributed by atoms with Crippen LogP contribution in [0, 0.1) is 11.6 Å². The van der Waals surface area contributed by atoms with Crippen LogP contribution in [0.4, 0.5) is 20.2 Å². The van der Waals surface area contributed by atoms with Crippen molar-refractivity contribution < 1.29 is 23.0 Å². The number of carbonyl (C=O) groups excluding carboxylic acids is 1. The molecule has 1 fully saturated rings. The highest BCUT2D eigenvalue weighted by atomic mass is 79.9. The van der Waals surface area contributed by atoms with E-state index in [2.05, 4.69) is 108 Å². The maximum atomic E-state index is 13.0. The van der Waals surface area contributed by atoms with Crippen LogP contribution in [0.25, 0.3) is 0 Å². The van der Waals surface area contributed by atoms with Gasteiger partial charge in [-0.2, -0.15) is 0 Å². The van der Waals surface area contributed by atoms with Crippen LogP contribution in [-0.2, 0) is 14.3 Å². The van der Waals surface area contributed by atoms with Gasteiger partial charge in [-0.3, -0.25) is 9.69 Å². The van der Waals surface area contributed by atoms with E-state index in [1.165, 1.54) is 29.2 Å². The van der Waals surface area contributed by atoms with Crippen LogP contribution in [0.2, 0.25) is 0 Å². The molecule has 1 aliphatic heterocycles. The van der Waals surface area contributed by atoms with E-state index in [4.69, 9.17) is 15.2 Å². The molecule has 0 aliphatic carbocycles. The van der Waals surface area contributed by atoms with Gasteiger partial charge in [0.2, 0.25) is 6.41 Å². The second kappa shape index (κ2) is 28.4. The first-order valence-electron chi connectivity index (χ1n) is 14.3. The molecule has 1 amide bonds. The van der Waals surface area contributed by atoms with Crippen LogP contribution in [0.3, 0.4) is 0 Å². The van der Waals surface area contributed by atoms with Crippen molar-refractivity contribution in [3.05, 3.63) is 57.0 Å². The Kier molecular flexibility index (Phi) is 29.2. The van der Waals surface area contributed by atoms with Gasteiger partial charge in [-0.25, -0.2) is 8.78 Å². The Morgan fingerprint density at radius 2 is 1.39 bits per heavy atom. The molecule has 0 spiro atoms. The molecular formula is C31H50Br4F2N4O3. The third-order valence-electron chi connectivity index (χ3n) is 5.57. The number of halogens is 6. The standard InChI is InChI=1S/C10H11BrFNO.C8H19N.C6H5BrFN.C4H8Br2O.C3H7NO/c11-9-7-8(1-2-10(9)12)13-3-5-14-6-4-13;1-6-9(7(2)3)8(4)5;7-5-3-4(9)1-2-6(5)8;5-1-3-7-4-2-6;1-4(2)3-5/h1-2,7H,3-6H2;7-8H,6H2,1-5H3;1-3H,9H2;1-4H2;3H,1-2H3. The summed E-state index contributed by atoms with van der Waals surface area (Å²) in [6, 6.07) is 10.8. The Balaban J connectivity index is 0. The van der Waals surface area contributed by atoms with Crippen molar-refractivity contribution in [2.24, 2.45) is 0 Å². The molecule has 0 atom stereocenters. The molecule has 0 aromatic heterocycles. The molecule has 0 saturated carbocycles. The van der Waals surface area contributed by atoms with E-state index < -0.39 is 0 Å². The fraction of sp³-hybridized carbons (Fsp3) is 0.581. The van der Waals surface area contributed by atoms with Crippen molar-refractivity contribution in [3.8, 4) is 0 Å². The van der Waals surface area contributed by atoms with Gasteiger partial charge in [0.25, 0.3) is 0 Å². The summed E-state index contributed by atoms with van der Waals surface area (Å²) < 4.78 is 36.6. The van der Waals surface area contributed by atoms with Gasteiger partial charge in [-0.05, 0) is 102 Å². The molecule has 0 radical (unpaired) electrons. The van der Waals surface area contributed by atoms with E-state index in [0.717, 1.165) is 68.8 Å². The molecule has 254 valence electrons. The summed E-state index contributed by atoms with van der Waals surface area (Å²) in [5.74, 6) is -0.508. The maximum Gasteiger partial charge on any atom is 0.209 e. The van der Waals surface area contributed by atoms with E-state index in [1.54, 1.807) is 26.2 Å². The molecule has 2 aromatic rings. The number of hydrogen-bond acceptors (Lipinski definition) is 6. The zero-order chi connectivity index (χ0) is 34.1. The number of amides is 1. The lowest BCUT2D eigenvalue weighted by atomic mass is 10.2. The molecule has 2 aromatic carbocycles. The number of carbonyl (C=O) groups is 1. The van der Waals surface area contributed by atoms with E-state index in [1.807, 2.05) is 0 Å². The number of hydrogen-bond donors (Lipinski definition) is 1. The summed E-state index contributed by atoms with van der Waals surface area (Å²) >= 11 is 12.6. The SMILES string of the molecule is BrCCOCCBr.CCN(C(C)C)C(C)C.CN(C)C=O.Fc1ccc(N2CCOCC2)cc1Br.Nc1ccc(F)c(Br)c1. The smallest absolute Gasteiger partial charge is 0.209 e. The minimum Gasteiger partial charge on any atom is -0.399 e. The van der Waals surface area contributed by atoms with E-state index in [-0.39, 0.29) is 11.6 Å². The Labute approximate surface area is 297 Å². The van der Waals surface area contributed by atoms with E-state index >= 15 is 0 Å². The monoisotopic (exact) mass is 880 g/mol. The van der Waals surface area contributed by atoms with E-state index in [0.29, 0.717) is 26.7 Å². The molecule has 1 aliphatic rings. The predicted octanol–water partition coefficient (Wildman–Crippen LogP) is 8.22. The number of ether oxygens (including phenoxy) is 2. The average molecular weight is 884 g/mol. The van der Waals surface area contributed by atoms with Crippen LogP contribution in [0.1, 0.15) is 34.6 Å². The number of morpholine rings is 1. The normalized spacial score (nSPS) is 12.1. The Bertz CT molecular complexity index is 990. The predicted molar refractivity (Wildman–Crippen MR) is 196 cm³/mol. The van der Waals surface area contributed by atoms with Crippen molar-refractivity contribution in [3.63, 3.8) is 0 Å². The third kappa shape index (κ3) is 23.5. The number of anilines is 2. The fourth-order valence-electron chi connectivity index (χ4n) is 3.55. The molecule has 44 heavy (non-hydrogen) atoms. The molecule has 1 saturated heterocycles. The molecular weight excluding hydrogens is 834 g/mol. The summed E-state index contributed by atoms with van der Waals surface area (Å²) in [6.07, 6.45) is 0.750. The van der Waals surface area contributed by atoms with Crippen LogP contribution in [0.15, 0.2) is 45.3 Å². The average Bonchev–Trinajstić information content (AvgIpc) is 2.98. The Morgan fingerprint density at radius 1 is 0.932 bits per heavy atom. The van der Waals surface area contributed by atoms with Gasteiger partial charge in [0.15, 0.2) is 0 Å². The lowest BCUT2D eigenvalue weighted by molar-refractivity contribution is -0.115. The highest BCUT2D eigenvalue weighted by molar-refractivity contribution is 9.11. The summed E-state index contributed by atoms with van der Waals surface area (Å²) in [4.78, 5) is 15.5. The van der Waals surface area contributed by atoms with E-state index in [9.17, 15) is 13.6 Å². The zero-order valence-electron chi connectivity index (χ0n) is 27.0. The van der Waals surface area contributed by atoms with Crippen LogP contribution in [0.5, 0.6) is 0 Å². The first-order chi connectivity index (χ1) is 20.7. The van der Waals surface area contributed by atoms with Crippen molar-refractivity contribution in [2.75, 3.05) is 81.5 Å². The number of rotatable bonds is 9. The summed E-state index contributed by atoms with van der Waals surface area (Å²) in [5.41, 5.74) is 6.93. The number of benzene rings is 2. The molecule has 7 nitrogen and oxygen atoms in total. The number of nitrogens with zero attached hydrogens (tertiary/aromatic N) is 3. The lowest BCUT2D eigenvalue weighted by Crippen LogP contribution is -2.36. The molecule has 13 heteroatoms. The zero-order valence-corrected chi connectivity index (χ0v) is 33.3. The van der Waals surface area contributed by atoms with Gasteiger partial charge in [0.1, 0.15) is 11.6 Å². The minimum atomic E-state index is -0.288. The second-order valence-corrected chi connectivity index (χ2v) is 13.2. The lowest BCUT2D eigenvalue weighted by Gasteiger charge is -2.28. The number of nitrogens with two attached hydrogens (primary N) is 1. The van der Waals surface area contributed by atoms with Gasteiger partial charge in [-0.15, -0.1) is 0 Å². The van der Waals surface area contributed by atoms with Crippen LogP contribution < -0.4 is 10.6 Å². The summed E-state index contributed by atoms with van der Waals surface area (Å²) in [7, 11) is 3.38. The minimum absolute atomic E-state index is 0.220. The molecule has 1 heterocycles. The van der Waals surface area contributed by atoms with Crippen molar-refractivity contribution in [1.29, 1.82) is 0 Å². The number of alkyl halides is 2. The van der Waals surface area contributed by atoms with Gasteiger partial charge in [0.05, 0.1) is 35.4 Å². The van der Waals surface area contributed by atoms with Crippen molar-refractivity contribution in [2.45, 2.75) is 46.7 Å². The van der Waals surface area contributed by atoms with Crippen molar-refractivity contribution in [1.82, 2.24) is 9.80 Å². The third-order valence-corrected chi connectivity index (χ3v) is 7.43. The molecule has 3 rings (SSSR count). The van der Waals surface area contributed by atoms with Gasteiger partial charge in [-0.1, -0.05) is 38.8 Å². The summed E-state index contributed by atoms with van der Waals surface area (Å²) in [5, 5.41) is 1.86. The number of nitrogen functional groups attached to an aromatic ring is 1. The quantitative estimate of drug-likeness (QED) is 0.119. The van der Waals surface area contributed by atoms with Crippen LogP contribution in [-0.4, -0.2) is 99.1 Å². The van der Waals surface area contributed by atoms with Gasteiger partial charge >= 0.3 is 0 Å². The Morgan fingerprint density at radius 3 is 1.70 bits per heavy atom. The molecule has 0 unspecified atom stereocenters. The topological polar surface area (TPSA) is 71.3 Å². The highest BCUT2D eigenvalue weighted by Crippen LogP contribution is 2.23. The first-order valence-corrected chi connectivity index (χ1v) is 18.1. The second-order valence-electron chi connectivity index (χ2n) is 9.95. The molecule has 0 bridgehead atoms. The Hall–Kier alpha value is -0.830. The highest BCUT2D eigenvalue weighted by Gasteiger charge is 2.12. The largest absolute Gasteiger partial charge is 0.399 e. The first kappa shape index (κ1) is 45.3. The van der Waals surface area contributed by atoms with Gasteiger partial charge in [0, 0.05) is 61.3 Å². The van der Waals surface area contributed by atoms with Gasteiger partial charge < -0.3 is 25.0 Å². The molecule has 2 N–H and O–H groups in total. The fourth-order valence-corrected chi connectivity index (χ4v) is 4.77. The maximum absolute atomic E-state index is 13.0. The van der Waals surface area contributed by atoms with Crippen molar-refractivity contribution >= 4 is 81.5 Å². The summed E-state index contributed by atoms with van der Waals surface area (Å²) in [6.45, 7) is 17.2.